The second kappa shape index (κ2) is 3.14. The van der Waals surface area contributed by atoms with E-state index >= 15 is 0 Å². The van der Waals surface area contributed by atoms with E-state index in [0.29, 0.717) is 17.0 Å². The number of ether oxygens (including phenoxy) is 1. The minimum absolute atomic E-state index is 0.485. The van der Waals surface area contributed by atoms with E-state index < -0.39 is 0 Å². The molecule has 0 fully saturated rings. The van der Waals surface area contributed by atoms with Gasteiger partial charge in [0, 0.05) is 6.92 Å². The fourth-order valence-corrected chi connectivity index (χ4v) is 1.50. The Bertz CT molecular complexity index is 409. The number of hydrogen-bond acceptors (Lipinski definition) is 6. The number of thiazole rings is 1. The van der Waals surface area contributed by atoms with Crippen LogP contribution in [0, 0.1) is 6.92 Å². The molecule has 2 aromatic rings. The van der Waals surface area contributed by atoms with Gasteiger partial charge in [-0.25, -0.2) is 4.98 Å². The Kier molecular flexibility index (Phi) is 1.97. The van der Waals surface area contributed by atoms with Crippen molar-refractivity contribution < 1.29 is 9.15 Å². The monoisotopic (exact) mass is 197 g/mol. The Hall–Kier alpha value is -1.43. The summed E-state index contributed by atoms with van der Waals surface area (Å²) in [5.74, 6) is 1.03. The maximum Gasteiger partial charge on any atom is 0.273 e. The van der Waals surface area contributed by atoms with E-state index in [0.717, 1.165) is 4.88 Å². The summed E-state index contributed by atoms with van der Waals surface area (Å²) in [6, 6.07) is 0. The maximum atomic E-state index is 5.22. The van der Waals surface area contributed by atoms with Crippen LogP contribution in [0.25, 0.3) is 10.8 Å². The minimum Gasteiger partial charge on any atom is -0.473 e. The average Bonchev–Trinajstić information content (AvgIpc) is 2.71. The molecule has 0 atom stereocenters. The first-order chi connectivity index (χ1) is 6.29. The molecule has 0 saturated heterocycles. The zero-order chi connectivity index (χ0) is 9.26. The van der Waals surface area contributed by atoms with Gasteiger partial charge in [0.15, 0.2) is 0 Å². The lowest BCUT2D eigenvalue weighted by atomic mass is 10.6. The molecule has 2 aromatic heterocycles. The van der Waals surface area contributed by atoms with Crippen molar-refractivity contribution in [2.24, 2.45) is 0 Å². The molecule has 0 unspecified atom stereocenters. The predicted octanol–water partition coefficient (Wildman–Crippen LogP) is 1.51. The molecule has 0 aliphatic carbocycles. The van der Waals surface area contributed by atoms with Gasteiger partial charge in [0.05, 0.1) is 13.3 Å². The van der Waals surface area contributed by atoms with Gasteiger partial charge in [-0.1, -0.05) is 11.3 Å². The van der Waals surface area contributed by atoms with Crippen LogP contribution in [0.2, 0.25) is 0 Å². The molecule has 0 aliphatic heterocycles. The molecule has 0 amide bonds. The standard InChI is InChI=1S/C7H7N3O2S/c1-4-9-10-6(12-4)5-3-8-7(11-2)13-5/h3H,1-2H3. The third kappa shape index (κ3) is 1.52. The van der Waals surface area contributed by atoms with E-state index in [9.17, 15) is 0 Å². The molecule has 0 radical (unpaired) electrons. The Balaban J connectivity index is 2.35. The summed E-state index contributed by atoms with van der Waals surface area (Å²) in [5.41, 5.74) is 0. The summed E-state index contributed by atoms with van der Waals surface area (Å²) in [6.07, 6.45) is 1.65. The third-order valence-corrected chi connectivity index (χ3v) is 2.34. The van der Waals surface area contributed by atoms with Crippen LogP contribution in [0.1, 0.15) is 5.89 Å². The number of rotatable bonds is 2. The highest BCUT2D eigenvalue weighted by atomic mass is 32.1. The van der Waals surface area contributed by atoms with Gasteiger partial charge in [-0.2, -0.15) is 0 Å². The first kappa shape index (κ1) is 8.18. The van der Waals surface area contributed by atoms with Crippen molar-refractivity contribution in [1.82, 2.24) is 15.2 Å². The number of hydrogen-bond donors (Lipinski definition) is 0. The summed E-state index contributed by atoms with van der Waals surface area (Å²) in [7, 11) is 1.57. The zero-order valence-corrected chi connectivity index (χ0v) is 7.96. The van der Waals surface area contributed by atoms with Crippen LogP contribution in [0.4, 0.5) is 0 Å². The van der Waals surface area contributed by atoms with Crippen LogP contribution in [-0.2, 0) is 0 Å². The lowest BCUT2D eigenvalue weighted by Gasteiger charge is -1.86. The smallest absolute Gasteiger partial charge is 0.273 e. The van der Waals surface area contributed by atoms with Crippen LogP contribution in [0.3, 0.4) is 0 Å². The van der Waals surface area contributed by atoms with Crippen molar-refractivity contribution >= 4 is 11.3 Å². The summed E-state index contributed by atoms with van der Waals surface area (Å²) < 4.78 is 10.2. The molecular formula is C7H7N3O2S. The zero-order valence-electron chi connectivity index (χ0n) is 7.14. The molecule has 2 heterocycles. The normalized spacial score (nSPS) is 10.3. The lowest BCUT2D eigenvalue weighted by Crippen LogP contribution is -1.76. The van der Waals surface area contributed by atoms with Gasteiger partial charge in [0.2, 0.25) is 5.89 Å². The topological polar surface area (TPSA) is 61.0 Å². The summed E-state index contributed by atoms with van der Waals surface area (Å²) >= 11 is 1.37. The largest absolute Gasteiger partial charge is 0.473 e. The van der Waals surface area contributed by atoms with Crippen molar-refractivity contribution in [3.63, 3.8) is 0 Å². The molecule has 0 aromatic carbocycles. The van der Waals surface area contributed by atoms with Crippen molar-refractivity contribution in [1.29, 1.82) is 0 Å². The van der Waals surface area contributed by atoms with Crippen LogP contribution in [-0.4, -0.2) is 22.3 Å². The molecule has 0 spiro atoms. The molecule has 68 valence electrons. The van der Waals surface area contributed by atoms with E-state index in [1.54, 1.807) is 20.2 Å². The molecule has 2 rings (SSSR count). The summed E-state index contributed by atoms with van der Waals surface area (Å²) in [4.78, 5) is 4.81. The summed E-state index contributed by atoms with van der Waals surface area (Å²) in [6.45, 7) is 1.74. The third-order valence-electron chi connectivity index (χ3n) is 1.40. The molecule has 0 saturated carbocycles. The fraction of sp³-hybridized carbons (Fsp3) is 0.286. The van der Waals surface area contributed by atoms with Crippen molar-refractivity contribution in [3.8, 4) is 16.0 Å². The molecule has 0 aliphatic rings. The Morgan fingerprint density at radius 3 is 2.85 bits per heavy atom. The number of nitrogens with zero attached hydrogens (tertiary/aromatic N) is 3. The van der Waals surface area contributed by atoms with Gasteiger partial charge in [0.25, 0.3) is 11.1 Å². The molecule has 5 nitrogen and oxygen atoms in total. The van der Waals surface area contributed by atoms with E-state index in [1.165, 1.54) is 11.3 Å². The van der Waals surface area contributed by atoms with Crippen molar-refractivity contribution in [3.05, 3.63) is 12.1 Å². The van der Waals surface area contributed by atoms with Crippen LogP contribution >= 0.6 is 11.3 Å². The fourth-order valence-electron chi connectivity index (χ4n) is 0.847. The molecule has 13 heavy (non-hydrogen) atoms. The van der Waals surface area contributed by atoms with Gasteiger partial charge in [-0.05, 0) is 0 Å². The molecule has 6 heteroatoms. The highest BCUT2D eigenvalue weighted by molar-refractivity contribution is 7.16. The van der Waals surface area contributed by atoms with Gasteiger partial charge in [-0.15, -0.1) is 10.2 Å². The number of aryl methyl sites for hydroxylation is 1. The highest BCUT2D eigenvalue weighted by Crippen LogP contribution is 2.28. The molecular weight excluding hydrogens is 190 g/mol. The number of methoxy groups -OCH3 is 1. The minimum atomic E-state index is 0.485. The highest BCUT2D eigenvalue weighted by Gasteiger charge is 2.10. The van der Waals surface area contributed by atoms with Gasteiger partial charge >= 0.3 is 0 Å². The molecule has 0 N–H and O–H groups in total. The van der Waals surface area contributed by atoms with Gasteiger partial charge in [-0.3, -0.25) is 0 Å². The SMILES string of the molecule is COc1ncc(-c2nnc(C)o2)s1. The Morgan fingerprint density at radius 1 is 1.46 bits per heavy atom. The van der Waals surface area contributed by atoms with Gasteiger partial charge in [0.1, 0.15) is 4.88 Å². The van der Waals surface area contributed by atoms with E-state index in [-0.39, 0.29) is 0 Å². The summed E-state index contributed by atoms with van der Waals surface area (Å²) in [5, 5.41) is 8.17. The quantitative estimate of drug-likeness (QED) is 0.730. The lowest BCUT2D eigenvalue weighted by molar-refractivity contribution is 0.412. The second-order valence-corrected chi connectivity index (χ2v) is 3.31. The Morgan fingerprint density at radius 2 is 2.31 bits per heavy atom. The van der Waals surface area contributed by atoms with E-state index in [1.807, 2.05) is 0 Å². The first-order valence-electron chi connectivity index (χ1n) is 3.60. The van der Waals surface area contributed by atoms with Crippen LogP contribution in [0.5, 0.6) is 5.19 Å². The second-order valence-electron chi connectivity index (χ2n) is 2.32. The predicted molar refractivity (Wildman–Crippen MR) is 46.7 cm³/mol. The van der Waals surface area contributed by atoms with Gasteiger partial charge < -0.3 is 9.15 Å². The van der Waals surface area contributed by atoms with Crippen LogP contribution < -0.4 is 4.74 Å². The van der Waals surface area contributed by atoms with Crippen molar-refractivity contribution in [2.45, 2.75) is 6.92 Å². The molecule has 0 bridgehead atoms. The maximum absolute atomic E-state index is 5.22. The van der Waals surface area contributed by atoms with E-state index in [2.05, 4.69) is 15.2 Å². The number of aromatic nitrogens is 3. The first-order valence-corrected chi connectivity index (χ1v) is 4.41. The van der Waals surface area contributed by atoms with Crippen LogP contribution in [0.15, 0.2) is 10.6 Å². The van der Waals surface area contributed by atoms with Crippen molar-refractivity contribution in [2.75, 3.05) is 7.11 Å². The Labute approximate surface area is 78.4 Å². The van der Waals surface area contributed by atoms with E-state index in [4.69, 9.17) is 9.15 Å². The average molecular weight is 197 g/mol.